The summed E-state index contributed by atoms with van der Waals surface area (Å²) in [6.45, 7) is 0. The lowest BCUT2D eigenvalue weighted by Crippen LogP contribution is -2.12. The van der Waals surface area contributed by atoms with E-state index in [9.17, 15) is 4.79 Å². The largest absolute Gasteiger partial charge is 0.424 e. The molecule has 2 aromatic heterocycles. The summed E-state index contributed by atoms with van der Waals surface area (Å²) >= 11 is 1.71. The van der Waals surface area contributed by atoms with Gasteiger partial charge >= 0.3 is 5.84 Å². The van der Waals surface area contributed by atoms with Gasteiger partial charge in [-0.2, -0.15) is 4.98 Å². The van der Waals surface area contributed by atoms with Gasteiger partial charge in [0.2, 0.25) is 0 Å². The highest BCUT2D eigenvalue weighted by Gasteiger charge is 2.14. The molecule has 26 heavy (non-hydrogen) atoms. The van der Waals surface area contributed by atoms with Crippen LogP contribution in [0.1, 0.15) is 0 Å². The van der Waals surface area contributed by atoms with Crippen LogP contribution in [0.25, 0.3) is 39.0 Å². The molecular formula is C21H14N2O2S. The van der Waals surface area contributed by atoms with Gasteiger partial charge in [-0.1, -0.05) is 36.4 Å². The van der Waals surface area contributed by atoms with Crippen LogP contribution in [-0.4, -0.2) is 15.6 Å². The van der Waals surface area contributed by atoms with Crippen molar-refractivity contribution in [1.29, 1.82) is 0 Å². The van der Waals surface area contributed by atoms with Crippen LogP contribution in [0.2, 0.25) is 0 Å². The normalized spacial score (nSPS) is 11.6. The molecule has 0 atom stereocenters. The summed E-state index contributed by atoms with van der Waals surface area (Å²) in [5.74, 6) is 0.319. The lowest BCUT2D eigenvalue weighted by atomic mass is 10.1. The number of nitrogens with zero attached hydrogens (tertiary/aromatic N) is 2. The summed E-state index contributed by atoms with van der Waals surface area (Å²) in [6.07, 6.45) is 2.07. The minimum atomic E-state index is -0.110. The van der Waals surface area contributed by atoms with Gasteiger partial charge in [-0.25, -0.2) is 4.40 Å². The van der Waals surface area contributed by atoms with Crippen LogP contribution in [0.15, 0.2) is 80.8 Å². The maximum absolute atomic E-state index is 12.9. The molecule has 5 heteroatoms. The second-order valence-electron chi connectivity index (χ2n) is 6.04. The van der Waals surface area contributed by atoms with Crippen LogP contribution in [0, 0.1) is 0 Å². The monoisotopic (exact) mass is 358 g/mol. The van der Waals surface area contributed by atoms with Crippen LogP contribution in [0.5, 0.6) is 0 Å². The van der Waals surface area contributed by atoms with E-state index in [2.05, 4.69) is 23.4 Å². The topological polar surface area (TPSA) is 47.5 Å². The number of aromatic nitrogens is 2. The Morgan fingerprint density at radius 1 is 1.00 bits per heavy atom. The summed E-state index contributed by atoms with van der Waals surface area (Å²) in [7, 11) is 0. The molecule has 5 rings (SSSR count). The van der Waals surface area contributed by atoms with Crippen molar-refractivity contribution in [3.63, 3.8) is 0 Å². The number of fused-ring (bicyclic) bond motifs is 4. The van der Waals surface area contributed by atoms with Gasteiger partial charge in [-0.15, -0.1) is 11.8 Å². The number of benzene rings is 3. The van der Waals surface area contributed by atoms with E-state index in [4.69, 9.17) is 4.42 Å². The van der Waals surface area contributed by atoms with E-state index in [1.807, 2.05) is 42.5 Å². The van der Waals surface area contributed by atoms with Crippen LogP contribution >= 0.6 is 11.8 Å². The Labute approximate surface area is 153 Å². The van der Waals surface area contributed by atoms with E-state index in [1.165, 1.54) is 4.90 Å². The quantitative estimate of drug-likeness (QED) is 0.417. The van der Waals surface area contributed by atoms with Crippen LogP contribution < -0.4 is 5.56 Å². The van der Waals surface area contributed by atoms with Crippen molar-refractivity contribution in [2.75, 3.05) is 6.26 Å². The van der Waals surface area contributed by atoms with E-state index in [0.717, 1.165) is 22.2 Å². The molecule has 0 N–H and O–H groups in total. The first kappa shape index (κ1) is 15.2. The summed E-state index contributed by atoms with van der Waals surface area (Å²) < 4.78 is 7.39. The predicted molar refractivity (Wildman–Crippen MR) is 106 cm³/mol. The molecule has 5 aromatic rings. The van der Waals surface area contributed by atoms with Gasteiger partial charge in [-0.3, -0.25) is 4.79 Å². The third-order valence-corrected chi connectivity index (χ3v) is 5.36. The molecule has 4 nitrogen and oxygen atoms in total. The lowest BCUT2D eigenvalue weighted by Gasteiger charge is -2.07. The first-order valence-electron chi connectivity index (χ1n) is 8.24. The molecule has 0 saturated carbocycles. The molecule has 0 aliphatic heterocycles. The number of para-hydroxylation sites is 1. The smallest absolute Gasteiger partial charge is 0.310 e. The second kappa shape index (κ2) is 5.75. The van der Waals surface area contributed by atoms with Crippen LogP contribution in [0.4, 0.5) is 0 Å². The minimum Gasteiger partial charge on any atom is -0.424 e. The molecule has 0 unspecified atom stereocenters. The summed E-state index contributed by atoms with van der Waals surface area (Å²) in [6, 6.07) is 21.5. The fraction of sp³-hybridized carbons (Fsp3) is 0.0476. The van der Waals surface area contributed by atoms with E-state index in [1.54, 1.807) is 28.3 Å². The van der Waals surface area contributed by atoms with Crippen molar-refractivity contribution in [3.8, 4) is 11.1 Å². The predicted octanol–water partition coefficient (Wildman–Crippen LogP) is 4.98. The van der Waals surface area contributed by atoms with E-state index < -0.39 is 0 Å². The Hall–Kier alpha value is -3.05. The molecule has 126 valence electrons. The summed E-state index contributed by atoms with van der Waals surface area (Å²) in [4.78, 5) is 18.6. The maximum Gasteiger partial charge on any atom is 0.310 e. The first-order valence-corrected chi connectivity index (χ1v) is 9.46. The van der Waals surface area contributed by atoms with Crippen molar-refractivity contribution in [3.05, 3.63) is 77.1 Å². The fourth-order valence-corrected chi connectivity index (χ4v) is 3.95. The molecule has 0 aliphatic rings. The molecule has 2 heterocycles. The fourth-order valence-electron chi connectivity index (χ4n) is 3.32. The molecule has 0 saturated heterocycles. The van der Waals surface area contributed by atoms with Crippen molar-refractivity contribution in [2.45, 2.75) is 4.90 Å². The number of hydrogen-bond acceptors (Lipinski definition) is 4. The molecule has 0 bridgehead atoms. The number of hydrogen-bond donors (Lipinski definition) is 0. The Balaban J connectivity index is 1.82. The Morgan fingerprint density at radius 3 is 2.69 bits per heavy atom. The van der Waals surface area contributed by atoms with Gasteiger partial charge in [0.25, 0.3) is 5.56 Å². The Bertz CT molecular complexity index is 1350. The standard InChI is InChI=1S/C21H14N2O2S/c1-26-19-9-5-3-6-14(19)13-10-11-17-16(12-13)22-21-23(17)20(24)15-7-2-4-8-18(15)25-21/h2-12H,1H3. The van der Waals surface area contributed by atoms with Gasteiger partial charge < -0.3 is 4.42 Å². The zero-order chi connectivity index (χ0) is 17.7. The van der Waals surface area contributed by atoms with E-state index >= 15 is 0 Å². The van der Waals surface area contributed by atoms with E-state index in [0.29, 0.717) is 16.8 Å². The van der Waals surface area contributed by atoms with E-state index in [-0.39, 0.29) is 5.56 Å². The summed E-state index contributed by atoms with van der Waals surface area (Å²) in [5, 5.41) is 0.552. The third-order valence-electron chi connectivity index (χ3n) is 4.56. The highest BCUT2D eigenvalue weighted by atomic mass is 32.2. The molecule has 0 radical (unpaired) electrons. The molecule has 3 aromatic carbocycles. The van der Waals surface area contributed by atoms with Gasteiger partial charge in [0.15, 0.2) is 0 Å². The highest BCUT2D eigenvalue weighted by Crippen LogP contribution is 2.32. The van der Waals surface area contributed by atoms with Crippen LogP contribution in [-0.2, 0) is 0 Å². The van der Waals surface area contributed by atoms with Gasteiger partial charge in [0.1, 0.15) is 5.58 Å². The van der Waals surface area contributed by atoms with Gasteiger partial charge in [-0.05, 0) is 47.7 Å². The highest BCUT2D eigenvalue weighted by molar-refractivity contribution is 7.98. The van der Waals surface area contributed by atoms with Crippen molar-refractivity contribution in [2.24, 2.45) is 0 Å². The van der Waals surface area contributed by atoms with Crippen molar-refractivity contribution < 1.29 is 4.42 Å². The molecule has 0 spiro atoms. The van der Waals surface area contributed by atoms with Crippen LogP contribution in [0.3, 0.4) is 0 Å². The Kier molecular flexibility index (Phi) is 3.36. The second-order valence-corrected chi connectivity index (χ2v) is 6.89. The first-order chi connectivity index (χ1) is 12.8. The van der Waals surface area contributed by atoms with Crippen molar-refractivity contribution in [1.82, 2.24) is 9.38 Å². The number of rotatable bonds is 2. The molecule has 0 amide bonds. The SMILES string of the molecule is CSc1ccccc1-c1ccc2c(c1)nc1oc3ccccc3c(=O)n12. The average Bonchev–Trinajstić information content (AvgIpc) is 3.05. The minimum absolute atomic E-state index is 0.110. The Morgan fingerprint density at radius 2 is 1.81 bits per heavy atom. The number of imidazole rings is 1. The number of thioether (sulfide) groups is 1. The lowest BCUT2D eigenvalue weighted by molar-refractivity contribution is 0.616. The third kappa shape index (κ3) is 2.17. The zero-order valence-corrected chi connectivity index (χ0v) is 14.8. The van der Waals surface area contributed by atoms with Gasteiger partial charge in [0.05, 0.1) is 16.4 Å². The molecular weight excluding hydrogens is 344 g/mol. The molecule has 0 aliphatic carbocycles. The summed E-state index contributed by atoms with van der Waals surface area (Å²) in [5.41, 5.74) is 4.17. The maximum atomic E-state index is 12.9. The average molecular weight is 358 g/mol. The van der Waals surface area contributed by atoms with Crippen molar-refractivity contribution >= 4 is 39.6 Å². The molecule has 0 fully saturated rings. The van der Waals surface area contributed by atoms with Gasteiger partial charge in [0, 0.05) is 4.90 Å². The zero-order valence-electron chi connectivity index (χ0n) is 14.0.